The number of hydrogen-bond donors (Lipinski definition) is 2. The van der Waals surface area contributed by atoms with Gasteiger partial charge in [0, 0.05) is 25.7 Å². The summed E-state index contributed by atoms with van der Waals surface area (Å²) < 4.78 is 1.62. The van der Waals surface area contributed by atoms with Gasteiger partial charge in [0.1, 0.15) is 4.88 Å². The normalized spacial score (nSPS) is 10.7. The van der Waals surface area contributed by atoms with Gasteiger partial charge in [-0.1, -0.05) is 69.5 Å². The average molecular weight is 564 g/mol. The topological polar surface area (TPSA) is 58.2 Å². The number of thiophene rings is 1. The molecule has 0 aliphatic heterocycles. The fourth-order valence-electron chi connectivity index (χ4n) is 3.08. The van der Waals surface area contributed by atoms with Gasteiger partial charge in [-0.2, -0.15) is 0 Å². The van der Waals surface area contributed by atoms with Crippen LogP contribution in [0.25, 0.3) is 10.1 Å². The number of rotatable bonds is 4. The van der Waals surface area contributed by atoms with E-state index in [1.54, 1.807) is 42.5 Å². The van der Waals surface area contributed by atoms with E-state index in [-0.39, 0.29) is 10.9 Å². The van der Waals surface area contributed by atoms with Gasteiger partial charge in [-0.15, -0.1) is 11.3 Å². The lowest BCUT2D eigenvalue weighted by Gasteiger charge is -2.14. The molecule has 0 radical (unpaired) electrons. The molecule has 0 saturated heterocycles. The number of carbonyl (C=O) groups excluding carboxylic acids is 2. The monoisotopic (exact) mass is 562 g/mol. The van der Waals surface area contributed by atoms with Gasteiger partial charge in [0.2, 0.25) is 0 Å². The molecule has 1 aromatic heterocycles. The van der Waals surface area contributed by atoms with Crippen molar-refractivity contribution in [3.8, 4) is 0 Å². The Balaban J connectivity index is 1.57. The number of benzene rings is 3. The number of halogens is 3. The molecule has 2 N–H and O–H groups in total. The number of fused-ring (bicyclic) bond motifs is 1. The molecule has 0 fully saturated rings. The Morgan fingerprint density at radius 3 is 2.41 bits per heavy atom. The second kappa shape index (κ2) is 9.68. The van der Waals surface area contributed by atoms with Gasteiger partial charge in [-0.25, -0.2) is 0 Å². The van der Waals surface area contributed by atoms with Crippen molar-refractivity contribution in [2.24, 2.45) is 0 Å². The fraction of sp³-hybridized carbons (Fsp3) is 0. The van der Waals surface area contributed by atoms with Crippen molar-refractivity contribution in [1.29, 1.82) is 0 Å². The lowest BCUT2D eigenvalue weighted by Crippen LogP contribution is -2.34. The zero-order chi connectivity index (χ0) is 22.8. The van der Waals surface area contributed by atoms with Crippen LogP contribution >= 0.6 is 62.7 Å². The molecule has 0 bridgehead atoms. The van der Waals surface area contributed by atoms with E-state index in [1.807, 2.05) is 24.3 Å². The van der Waals surface area contributed by atoms with Crippen LogP contribution in [0.2, 0.25) is 10.0 Å². The third kappa shape index (κ3) is 4.72. The van der Waals surface area contributed by atoms with Crippen molar-refractivity contribution in [3.63, 3.8) is 0 Å². The van der Waals surface area contributed by atoms with E-state index in [9.17, 15) is 9.59 Å². The zero-order valence-corrected chi connectivity index (χ0v) is 20.8. The van der Waals surface area contributed by atoms with E-state index < -0.39 is 5.91 Å². The molecule has 0 spiro atoms. The molecule has 32 heavy (non-hydrogen) atoms. The zero-order valence-electron chi connectivity index (χ0n) is 16.1. The van der Waals surface area contributed by atoms with Gasteiger partial charge in [0.15, 0.2) is 10.9 Å². The molecule has 9 heteroatoms. The van der Waals surface area contributed by atoms with Crippen LogP contribution in [-0.2, 0) is 0 Å². The van der Waals surface area contributed by atoms with E-state index >= 15 is 0 Å². The third-order valence-corrected chi connectivity index (χ3v) is 7.26. The largest absolute Gasteiger partial charge is 0.332 e. The second-order valence-corrected chi connectivity index (χ2v) is 9.81. The number of ketones is 1. The number of thiocarbonyl (C=S) groups is 1. The first-order valence-electron chi connectivity index (χ1n) is 9.23. The molecular weight excluding hydrogens is 551 g/mol. The number of anilines is 1. The van der Waals surface area contributed by atoms with Crippen molar-refractivity contribution < 1.29 is 9.59 Å². The van der Waals surface area contributed by atoms with Crippen molar-refractivity contribution in [1.82, 2.24) is 5.32 Å². The minimum Gasteiger partial charge on any atom is -0.332 e. The van der Waals surface area contributed by atoms with E-state index in [0.29, 0.717) is 36.2 Å². The molecule has 4 nitrogen and oxygen atoms in total. The quantitative estimate of drug-likeness (QED) is 0.201. The summed E-state index contributed by atoms with van der Waals surface area (Å²) in [5.74, 6) is -0.703. The molecule has 0 saturated carbocycles. The summed E-state index contributed by atoms with van der Waals surface area (Å²) in [5, 5.41) is 7.15. The van der Waals surface area contributed by atoms with Crippen molar-refractivity contribution in [2.75, 3.05) is 5.32 Å². The number of nitrogens with one attached hydrogen (secondary N) is 2. The molecule has 4 rings (SSSR count). The Morgan fingerprint density at radius 2 is 1.66 bits per heavy atom. The van der Waals surface area contributed by atoms with Gasteiger partial charge in [-0.3, -0.25) is 14.9 Å². The van der Waals surface area contributed by atoms with Crippen molar-refractivity contribution >= 4 is 95.3 Å². The highest BCUT2D eigenvalue weighted by Crippen LogP contribution is 2.35. The summed E-state index contributed by atoms with van der Waals surface area (Å²) in [7, 11) is 0. The van der Waals surface area contributed by atoms with Crippen LogP contribution in [0.3, 0.4) is 0 Å². The lowest BCUT2D eigenvalue weighted by molar-refractivity contribution is 0.0981. The van der Waals surface area contributed by atoms with Crippen LogP contribution in [0.15, 0.2) is 71.2 Å². The highest BCUT2D eigenvalue weighted by atomic mass is 79.9. The molecule has 4 aromatic rings. The molecule has 160 valence electrons. The minimum absolute atomic E-state index is 0.0408. The Hall–Kier alpha value is -2.29. The smallest absolute Gasteiger partial charge is 0.269 e. The first-order valence-corrected chi connectivity index (χ1v) is 12.0. The SMILES string of the molecule is O=C(c1ccccc1Cl)c1cc(Br)ccc1NC(=S)NC(=O)c1sc2ccccc2c1Cl. The first-order chi connectivity index (χ1) is 15.3. The van der Waals surface area contributed by atoms with Crippen LogP contribution in [0, 0.1) is 0 Å². The molecule has 3 aromatic carbocycles. The standard InChI is InChI=1S/C23H13BrCl2N2O2S2/c24-12-9-10-17(15(11-12)20(29)13-5-1-3-7-16(13)25)27-23(31)28-22(30)21-19(26)14-6-2-4-8-18(14)32-21/h1-11H,(H2,27,28,30,31). The molecular formula is C23H13BrCl2N2O2S2. The summed E-state index contributed by atoms with van der Waals surface area (Å²) in [5.41, 5.74) is 1.15. The maximum absolute atomic E-state index is 13.1. The number of amides is 1. The average Bonchev–Trinajstić information content (AvgIpc) is 3.12. The lowest BCUT2D eigenvalue weighted by atomic mass is 10.0. The Kier molecular flexibility index (Phi) is 6.93. The maximum atomic E-state index is 13.1. The van der Waals surface area contributed by atoms with E-state index in [1.165, 1.54) is 11.3 Å². The van der Waals surface area contributed by atoms with Gasteiger partial charge in [0.05, 0.1) is 15.7 Å². The summed E-state index contributed by atoms with van der Waals surface area (Å²) in [6, 6.07) is 19.4. The predicted octanol–water partition coefficient (Wildman–Crippen LogP) is 7.33. The van der Waals surface area contributed by atoms with Crippen molar-refractivity contribution in [2.45, 2.75) is 0 Å². The van der Waals surface area contributed by atoms with E-state index in [4.69, 9.17) is 35.4 Å². The van der Waals surface area contributed by atoms with Crippen molar-refractivity contribution in [3.05, 3.63) is 97.3 Å². The Morgan fingerprint density at radius 1 is 0.938 bits per heavy atom. The summed E-state index contributed by atoms with van der Waals surface area (Å²) >= 11 is 22.6. The summed E-state index contributed by atoms with van der Waals surface area (Å²) in [4.78, 5) is 26.2. The predicted molar refractivity (Wildman–Crippen MR) is 140 cm³/mol. The summed E-state index contributed by atoms with van der Waals surface area (Å²) in [6.45, 7) is 0. The number of carbonyl (C=O) groups is 2. The van der Waals surface area contributed by atoms with Crippen LogP contribution < -0.4 is 10.6 Å². The maximum Gasteiger partial charge on any atom is 0.269 e. The molecule has 0 atom stereocenters. The molecule has 0 unspecified atom stereocenters. The highest BCUT2D eigenvalue weighted by Gasteiger charge is 2.20. The minimum atomic E-state index is -0.426. The molecule has 1 heterocycles. The van der Waals surface area contributed by atoms with Crippen LogP contribution in [0.1, 0.15) is 25.6 Å². The van der Waals surface area contributed by atoms with Crippen LogP contribution in [0.5, 0.6) is 0 Å². The first kappa shape index (κ1) is 22.9. The second-order valence-electron chi connectivity index (χ2n) is 6.65. The molecule has 1 amide bonds. The van der Waals surface area contributed by atoms with Gasteiger partial charge in [0.25, 0.3) is 5.91 Å². The van der Waals surface area contributed by atoms with Crippen LogP contribution in [-0.4, -0.2) is 16.8 Å². The third-order valence-electron chi connectivity index (χ3n) is 4.56. The fourth-order valence-corrected chi connectivity index (χ4v) is 5.27. The Bertz CT molecular complexity index is 1390. The van der Waals surface area contributed by atoms with Gasteiger partial charge in [-0.05, 0) is 48.6 Å². The van der Waals surface area contributed by atoms with Crippen LogP contribution in [0.4, 0.5) is 5.69 Å². The van der Waals surface area contributed by atoms with Gasteiger partial charge >= 0.3 is 0 Å². The van der Waals surface area contributed by atoms with E-state index in [0.717, 1.165) is 10.1 Å². The van der Waals surface area contributed by atoms with Gasteiger partial charge < -0.3 is 5.32 Å². The molecule has 0 aliphatic rings. The number of hydrogen-bond acceptors (Lipinski definition) is 4. The van der Waals surface area contributed by atoms with E-state index in [2.05, 4.69) is 26.6 Å². The molecule has 0 aliphatic carbocycles. The highest BCUT2D eigenvalue weighted by molar-refractivity contribution is 9.10. The Labute approximate surface area is 211 Å². The summed E-state index contributed by atoms with van der Waals surface area (Å²) in [6.07, 6.45) is 0.